The lowest BCUT2D eigenvalue weighted by Crippen LogP contribution is -2.39. The Balaban J connectivity index is 2.98. The van der Waals surface area contributed by atoms with E-state index >= 15 is 0 Å². The average molecular weight is 299 g/mol. The first-order valence-corrected chi connectivity index (χ1v) is 7.71. The number of carbonyl (C=O) groups excluding carboxylic acids is 1. The summed E-state index contributed by atoms with van der Waals surface area (Å²) in [6.45, 7) is 3.89. The summed E-state index contributed by atoms with van der Waals surface area (Å²) in [5.41, 5.74) is -0.176. The smallest absolute Gasteiger partial charge is 0.242 e. The molecule has 0 aliphatic rings. The first-order chi connectivity index (χ1) is 9.24. The third-order valence-electron chi connectivity index (χ3n) is 3.01. The highest BCUT2D eigenvalue weighted by atomic mass is 32.2. The quantitative estimate of drug-likeness (QED) is 0.724. The van der Waals surface area contributed by atoms with Crippen LogP contribution in [0.4, 0.5) is 5.69 Å². The van der Waals surface area contributed by atoms with Gasteiger partial charge in [-0.1, -0.05) is 12.1 Å². The van der Waals surface area contributed by atoms with Crippen LogP contribution in [0.3, 0.4) is 0 Å². The van der Waals surface area contributed by atoms with E-state index in [0.29, 0.717) is 12.2 Å². The Hall–Kier alpha value is -1.60. The molecule has 0 radical (unpaired) electrons. The first kappa shape index (κ1) is 16.5. The van der Waals surface area contributed by atoms with Gasteiger partial charge in [-0.3, -0.25) is 4.79 Å². The number of hydrogen-bond acceptors (Lipinski definition) is 4. The standard InChI is InChI=1S/C13H21N3O3S/c1-13(2,12(17)14-3)9-16-10-7-5-6-8-11(10)20(18,19)15-4/h5-8,15-16H,9H2,1-4H3,(H,14,17). The Bertz CT molecular complexity index is 582. The summed E-state index contributed by atoms with van der Waals surface area (Å²) in [5.74, 6) is -0.112. The molecule has 1 aromatic carbocycles. The number of amides is 1. The molecule has 0 spiro atoms. The largest absolute Gasteiger partial charge is 0.383 e. The van der Waals surface area contributed by atoms with Crippen LogP contribution in [0.1, 0.15) is 13.8 Å². The molecule has 0 fully saturated rings. The van der Waals surface area contributed by atoms with Crippen LogP contribution in [0, 0.1) is 5.41 Å². The van der Waals surface area contributed by atoms with Crippen LogP contribution >= 0.6 is 0 Å². The summed E-state index contributed by atoms with van der Waals surface area (Å²) in [6, 6.07) is 6.58. The van der Waals surface area contributed by atoms with Gasteiger partial charge < -0.3 is 10.6 Å². The number of anilines is 1. The summed E-state index contributed by atoms with van der Waals surface area (Å²) >= 11 is 0. The molecular formula is C13H21N3O3S. The number of nitrogens with one attached hydrogen (secondary N) is 3. The maximum absolute atomic E-state index is 11.9. The van der Waals surface area contributed by atoms with Gasteiger partial charge >= 0.3 is 0 Å². The number of para-hydroxylation sites is 1. The van der Waals surface area contributed by atoms with Crippen molar-refractivity contribution in [2.45, 2.75) is 18.7 Å². The van der Waals surface area contributed by atoms with E-state index in [2.05, 4.69) is 15.4 Å². The zero-order valence-corrected chi connectivity index (χ0v) is 13.0. The van der Waals surface area contributed by atoms with Gasteiger partial charge in [0.1, 0.15) is 4.90 Å². The minimum Gasteiger partial charge on any atom is -0.383 e. The summed E-state index contributed by atoms with van der Waals surface area (Å²) < 4.78 is 26.1. The predicted molar refractivity (Wildman–Crippen MR) is 79.0 cm³/mol. The van der Waals surface area contributed by atoms with Gasteiger partial charge in [0.05, 0.1) is 11.1 Å². The van der Waals surface area contributed by atoms with Crippen LogP contribution in [-0.4, -0.2) is 35.0 Å². The van der Waals surface area contributed by atoms with E-state index in [1.54, 1.807) is 39.1 Å². The Morgan fingerprint density at radius 2 is 1.80 bits per heavy atom. The van der Waals surface area contributed by atoms with E-state index in [0.717, 1.165) is 0 Å². The van der Waals surface area contributed by atoms with Crippen LogP contribution < -0.4 is 15.4 Å². The Kier molecular flexibility index (Phi) is 5.13. The van der Waals surface area contributed by atoms with Crippen molar-refractivity contribution in [2.75, 3.05) is 26.0 Å². The fraction of sp³-hybridized carbons (Fsp3) is 0.462. The average Bonchev–Trinajstić information content (AvgIpc) is 2.44. The van der Waals surface area contributed by atoms with Crippen molar-refractivity contribution in [2.24, 2.45) is 5.41 Å². The van der Waals surface area contributed by atoms with E-state index in [4.69, 9.17) is 0 Å². The van der Waals surface area contributed by atoms with Gasteiger partial charge in [0.15, 0.2) is 0 Å². The summed E-state index contributed by atoms with van der Waals surface area (Å²) in [6.07, 6.45) is 0. The lowest BCUT2D eigenvalue weighted by atomic mass is 9.92. The summed E-state index contributed by atoms with van der Waals surface area (Å²) in [7, 11) is -0.601. The molecule has 20 heavy (non-hydrogen) atoms. The van der Waals surface area contributed by atoms with Gasteiger partial charge in [0, 0.05) is 13.6 Å². The van der Waals surface area contributed by atoms with Crippen LogP contribution in [0.2, 0.25) is 0 Å². The van der Waals surface area contributed by atoms with E-state index in [-0.39, 0.29) is 10.8 Å². The van der Waals surface area contributed by atoms with E-state index in [1.165, 1.54) is 13.1 Å². The molecule has 1 amide bonds. The van der Waals surface area contributed by atoms with Crippen LogP contribution in [-0.2, 0) is 14.8 Å². The van der Waals surface area contributed by atoms with Crippen molar-refractivity contribution >= 4 is 21.6 Å². The van der Waals surface area contributed by atoms with Crippen LogP contribution in [0.5, 0.6) is 0 Å². The summed E-state index contributed by atoms with van der Waals surface area (Å²) in [5, 5.41) is 5.62. The third kappa shape index (κ3) is 3.71. The van der Waals surface area contributed by atoms with Gasteiger partial charge in [0.25, 0.3) is 0 Å². The van der Waals surface area contributed by atoms with Crippen molar-refractivity contribution in [3.8, 4) is 0 Å². The lowest BCUT2D eigenvalue weighted by Gasteiger charge is -2.24. The summed E-state index contributed by atoms with van der Waals surface area (Å²) in [4.78, 5) is 11.9. The van der Waals surface area contributed by atoms with Crippen LogP contribution in [0.25, 0.3) is 0 Å². The maximum Gasteiger partial charge on any atom is 0.242 e. The van der Waals surface area contributed by atoms with Gasteiger partial charge in [-0.15, -0.1) is 0 Å². The second-order valence-corrected chi connectivity index (χ2v) is 6.88. The highest BCUT2D eigenvalue weighted by molar-refractivity contribution is 7.89. The normalized spacial score (nSPS) is 12.0. The zero-order valence-electron chi connectivity index (χ0n) is 12.1. The number of benzene rings is 1. The Morgan fingerprint density at radius 3 is 2.35 bits per heavy atom. The molecule has 1 rings (SSSR count). The molecule has 0 saturated heterocycles. The SMILES string of the molecule is CNC(=O)C(C)(C)CNc1ccccc1S(=O)(=O)NC. The highest BCUT2D eigenvalue weighted by Crippen LogP contribution is 2.23. The minimum absolute atomic E-state index is 0.112. The molecule has 3 N–H and O–H groups in total. The molecule has 7 heteroatoms. The Morgan fingerprint density at radius 1 is 1.20 bits per heavy atom. The number of hydrogen-bond donors (Lipinski definition) is 3. The molecule has 0 unspecified atom stereocenters. The fourth-order valence-electron chi connectivity index (χ4n) is 1.69. The second kappa shape index (κ2) is 6.23. The van der Waals surface area contributed by atoms with Gasteiger partial charge in [-0.25, -0.2) is 13.1 Å². The van der Waals surface area contributed by atoms with E-state index in [1.807, 2.05) is 0 Å². The van der Waals surface area contributed by atoms with Gasteiger partial charge in [0.2, 0.25) is 15.9 Å². The molecule has 0 aliphatic heterocycles. The molecule has 6 nitrogen and oxygen atoms in total. The maximum atomic E-state index is 11.9. The molecule has 0 atom stereocenters. The van der Waals surface area contributed by atoms with Crippen molar-refractivity contribution in [3.05, 3.63) is 24.3 Å². The zero-order chi connectivity index (χ0) is 15.4. The van der Waals surface area contributed by atoms with Crippen molar-refractivity contribution in [1.82, 2.24) is 10.0 Å². The van der Waals surface area contributed by atoms with E-state index < -0.39 is 15.4 Å². The molecule has 0 heterocycles. The molecule has 0 aliphatic carbocycles. The fourth-order valence-corrected chi connectivity index (χ4v) is 2.60. The monoisotopic (exact) mass is 299 g/mol. The molecule has 112 valence electrons. The first-order valence-electron chi connectivity index (χ1n) is 6.23. The molecule has 0 aromatic heterocycles. The highest BCUT2D eigenvalue weighted by Gasteiger charge is 2.27. The lowest BCUT2D eigenvalue weighted by molar-refractivity contribution is -0.128. The van der Waals surface area contributed by atoms with E-state index in [9.17, 15) is 13.2 Å². The topological polar surface area (TPSA) is 87.3 Å². The number of sulfonamides is 1. The van der Waals surface area contributed by atoms with Gasteiger partial charge in [-0.05, 0) is 33.0 Å². The van der Waals surface area contributed by atoms with Crippen molar-refractivity contribution < 1.29 is 13.2 Å². The molecular weight excluding hydrogens is 278 g/mol. The van der Waals surface area contributed by atoms with Gasteiger partial charge in [-0.2, -0.15) is 0 Å². The molecule has 0 bridgehead atoms. The molecule has 0 saturated carbocycles. The number of carbonyl (C=O) groups is 1. The minimum atomic E-state index is -3.54. The van der Waals surface area contributed by atoms with Crippen LogP contribution in [0.15, 0.2) is 29.2 Å². The molecule has 1 aromatic rings. The predicted octanol–water partition coefficient (Wildman–Crippen LogP) is 0.779. The Labute approximate surface area is 120 Å². The third-order valence-corrected chi connectivity index (χ3v) is 4.48. The number of rotatable bonds is 6. The second-order valence-electron chi connectivity index (χ2n) is 5.02. The van der Waals surface area contributed by atoms with Crippen molar-refractivity contribution in [3.63, 3.8) is 0 Å². The van der Waals surface area contributed by atoms with Crippen molar-refractivity contribution in [1.29, 1.82) is 0 Å².